The number of likely N-dealkylation sites (tertiary alicyclic amines) is 1. The van der Waals surface area contributed by atoms with Crippen LogP contribution in [-0.2, 0) is 0 Å². The Hall–Kier alpha value is -1.36. The van der Waals surface area contributed by atoms with Crippen LogP contribution in [0.3, 0.4) is 0 Å². The summed E-state index contributed by atoms with van der Waals surface area (Å²) >= 11 is 0. The largest absolute Gasteiger partial charge is 0.356 e. The maximum absolute atomic E-state index is 4.88. The quantitative estimate of drug-likeness (QED) is 0.854. The topological polar surface area (TPSA) is 44.3 Å². The molecule has 2 aliphatic heterocycles. The Morgan fingerprint density at radius 3 is 2.56 bits per heavy atom. The molecule has 1 saturated carbocycles. The van der Waals surface area contributed by atoms with Gasteiger partial charge in [0, 0.05) is 37.9 Å². The van der Waals surface area contributed by atoms with E-state index in [9.17, 15) is 0 Å². The Labute approximate surface area is 164 Å². The summed E-state index contributed by atoms with van der Waals surface area (Å²) in [6.45, 7) is 7.09. The molecule has 3 heterocycles. The summed E-state index contributed by atoms with van der Waals surface area (Å²) in [6.07, 6.45) is 15.2. The molecular weight excluding hydrogens is 334 g/mol. The average molecular weight is 372 g/mol. The summed E-state index contributed by atoms with van der Waals surface area (Å²) in [7, 11) is 0. The molecule has 1 aliphatic carbocycles. The lowest BCUT2D eigenvalue weighted by Crippen LogP contribution is -2.41. The van der Waals surface area contributed by atoms with Crippen LogP contribution in [-0.4, -0.2) is 53.1 Å². The summed E-state index contributed by atoms with van der Waals surface area (Å²) in [6, 6.07) is 3.35. The van der Waals surface area contributed by atoms with Crippen LogP contribution < -0.4 is 10.2 Å². The first-order valence-corrected chi connectivity index (χ1v) is 11.4. The Morgan fingerprint density at radius 2 is 1.78 bits per heavy atom. The predicted octanol–water partition coefficient (Wildman–Crippen LogP) is 4.31. The van der Waals surface area contributed by atoms with E-state index in [1.54, 1.807) is 0 Å². The van der Waals surface area contributed by atoms with E-state index >= 15 is 0 Å². The molecule has 0 radical (unpaired) electrons. The van der Waals surface area contributed by atoms with Gasteiger partial charge < -0.3 is 10.2 Å². The van der Waals surface area contributed by atoms with E-state index in [0.717, 1.165) is 43.4 Å². The van der Waals surface area contributed by atoms with Crippen LogP contribution in [0.25, 0.3) is 0 Å². The molecule has 0 spiro atoms. The van der Waals surface area contributed by atoms with Gasteiger partial charge in [-0.2, -0.15) is 4.98 Å². The van der Waals surface area contributed by atoms with Gasteiger partial charge >= 0.3 is 0 Å². The van der Waals surface area contributed by atoms with Crippen LogP contribution in [0.2, 0.25) is 0 Å². The molecule has 5 nitrogen and oxygen atoms in total. The minimum Gasteiger partial charge on any atom is -0.356 e. The van der Waals surface area contributed by atoms with Gasteiger partial charge in [0.15, 0.2) is 0 Å². The van der Waals surface area contributed by atoms with Crippen LogP contribution in [0.15, 0.2) is 12.3 Å². The first-order valence-electron chi connectivity index (χ1n) is 11.4. The predicted molar refractivity (Wildman–Crippen MR) is 112 cm³/mol. The van der Waals surface area contributed by atoms with Gasteiger partial charge in [0.1, 0.15) is 5.82 Å². The molecule has 5 heteroatoms. The van der Waals surface area contributed by atoms with E-state index in [0.29, 0.717) is 6.04 Å². The lowest BCUT2D eigenvalue weighted by Gasteiger charge is -2.30. The molecule has 3 fully saturated rings. The van der Waals surface area contributed by atoms with Gasteiger partial charge in [-0.1, -0.05) is 26.2 Å². The zero-order valence-electron chi connectivity index (χ0n) is 17.1. The van der Waals surface area contributed by atoms with Gasteiger partial charge in [0.2, 0.25) is 5.95 Å². The summed E-state index contributed by atoms with van der Waals surface area (Å²) in [5.74, 6) is 2.83. The molecule has 150 valence electrons. The van der Waals surface area contributed by atoms with Crippen LogP contribution in [0.4, 0.5) is 11.8 Å². The van der Waals surface area contributed by atoms with Crippen molar-refractivity contribution in [1.29, 1.82) is 0 Å². The number of rotatable bonds is 4. The third-order valence-corrected chi connectivity index (χ3v) is 6.79. The van der Waals surface area contributed by atoms with E-state index in [1.807, 2.05) is 6.20 Å². The van der Waals surface area contributed by atoms with Crippen LogP contribution >= 0.6 is 0 Å². The van der Waals surface area contributed by atoms with E-state index in [-0.39, 0.29) is 0 Å². The second kappa shape index (κ2) is 9.22. The smallest absolute Gasteiger partial charge is 0.224 e. The van der Waals surface area contributed by atoms with Gasteiger partial charge in [0.05, 0.1) is 0 Å². The van der Waals surface area contributed by atoms with Crippen molar-refractivity contribution < 1.29 is 0 Å². The van der Waals surface area contributed by atoms with Crippen LogP contribution in [0, 0.1) is 5.92 Å². The molecule has 0 bridgehead atoms. The molecule has 3 atom stereocenters. The molecule has 3 unspecified atom stereocenters. The summed E-state index contributed by atoms with van der Waals surface area (Å²) < 4.78 is 0. The van der Waals surface area contributed by atoms with Crippen molar-refractivity contribution in [3.63, 3.8) is 0 Å². The minimum atomic E-state index is 0.475. The van der Waals surface area contributed by atoms with Gasteiger partial charge in [-0.25, -0.2) is 4.98 Å². The molecule has 0 aromatic carbocycles. The SMILES string of the molecule is CC1CCC(N2CCCCC(Nc3nccc(N4CCCCCC4)n3)C2)C1. The number of anilines is 2. The minimum absolute atomic E-state index is 0.475. The third kappa shape index (κ3) is 5.13. The highest BCUT2D eigenvalue weighted by atomic mass is 15.2. The maximum Gasteiger partial charge on any atom is 0.224 e. The summed E-state index contributed by atoms with van der Waals surface area (Å²) in [5.41, 5.74) is 0. The number of aromatic nitrogens is 2. The average Bonchev–Trinajstić information content (AvgIpc) is 2.89. The first kappa shape index (κ1) is 19.0. The summed E-state index contributed by atoms with van der Waals surface area (Å²) in [5, 5.41) is 3.69. The highest BCUT2D eigenvalue weighted by molar-refractivity contribution is 5.43. The maximum atomic E-state index is 4.88. The van der Waals surface area contributed by atoms with Gasteiger partial charge in [-0.3, -0.25) is 4.90 Å². The van der Waals surface area contributed by atoms with Gasteiger partial charge in [-0.15, -0.1) is 0 Å². The van der Waals surface area contributed by atoms with Gasteiger partial charge in [-0.05, 0) is 63.5 Å². The van der Waals surface area contributed by atoms with Crippen molar-refractivity contribution in [2.75, 3.05) is 36.4 Å². The number of hydrogen-bond donors (Lipinski definition) is 1. The molecule has 1 aromatic heterocycles. The fraction of sp³-hybridized carbons (Fsp3) is 0.818. The molecule has 1 N–H and O–H groups in total. The van der Waals surface area contributed by atoms with Gasteiger partial charge in [0.25, 0.3) is 0 Å². The normalized spacial score (nSPS) is 30.7. The highest BCUT2D eigenvalue weighted by Crippen LogP contribution is 2.30. The second-order valence-electron chi connectivity index (χ2n) is 9.04. The fourth-order valence-corrected chi connectivity index (χ4v) is 5.21. The lowest BCUT2D eigenvalue weighted by atomic mass is 10.1. The molecule has 0 amide bonds. The molecule has 27 heavy (non-hydrogen) atoms. The van der Waals surface area contributed by atoms with Crippen LogP contribution in [0.1, 0.15) is 71.1 Å². The Morgan fingerprint density at radius 1 is 0.963 bits per heavy atom. The zero-order valence-corrected chi connectivity index (χ0v) is 17.1. The van der Waals surface area contributed by atoms with Crippen molar-refractivity contribution in [3.8, 4) is 0 Å². The number of nitrogens with one attached hydrogen (secondary N) is 1. The number of hydrogen-bond acceptors (Lipinski definition) is 5. The van der Waals surface area contributed by atoms with Crippen LogP contribution in [0.5, 0.6) is 0 Å². The Balaban J connectivity index is 1.39. The molecule has 3 aliphatic rings. The van der Waals surface area contributed by atoms with Crippen molar-refractivity contribution in [2.45, 2.75) is 83.2 Å². The lowest BCUT2D eigenvalue weighted by molar-refractivity contribution is 0.198. The first-order chi connectivity index (χ1) is 13.3. The van der Waals surface area contributed by atoms with E-state index in [2.05, 4.69) is 33.1 Å². The van der Waals surface area contributed by atoms with Crippen molar-refractivity contribution in [3.05, 3.63) is 12.3 Å². The Kier molecular flexibility index (Phi) is 6.48. The molecule has 4 rings (SSSR count). The van der Waals surface area contributed by atoms with E-state index in [1.165, 1.54) is 70.8 Å². The standard InChI is InChI=1S/C22H37N5/c1-18-9-10-20(16-18)27-15-7-4-8-19(17-27)24-22-23-12-11-21(25-22)26-13-5-2-3-6-14-26/h11-12,18-20H,2-10,13-17H2,1H3,(H,23,24,25). The molecule has 2 saturated heterocycles. The number of nitrogens with zero attached hydrogens (tertiary/aromatic N) is 4. The zero-order chi connectivity index (χ0) is 18.5. The third-order valence-electron chi connectivity index (χ3n) is 6.79. The second-order valence-corrected chi connectivity index (χ2v) is 9.04. The highest BCUT2D eigenvalue weighted by Gasteiger charge is 2.29. The molecular formula is C22H37N5. The Bertz CT molecular complexity index is 584. The van der Waals surface area contributed by atoms with E-state index < -0.39 is 0 Å². The van der Waals surface area contributed by atoms with Crippen molar-refractivity contribution in [1.82, 2.24) is 14.9 Å². The fourth-order valence-electron chi connectivity index (χ4n) is 5.21. The monoisotopic (exact) mass is 371 g/mol. The van der Waals surface area contributed by atoms with Crippen molar-refractivity contribution >= 4 is 11.8 Å². The molecule has 1 aromatic rings. The van der Waals surface area contributed by atoms with Crippen molar-refractivity contribution in [2.24, 2.45) is 5.92 Å². The van der Waals surface area contributed by atoms with E-state index in [4.69, 9.17) is 4.98 Å². The summed E-state index contributed by atoms with van der Waals surface area (Å²) in [4.78, 5) is 14.6.